The average molecular weight is 369 g/mol. The summed E-state index contributed by atoms with van der Waals surface area (Å²) >= 11 is 0. The maximum Gasteiger partial charge on any atom is 0.416 e. The summed E-state index contributed by atoms with van der Waals surface area (Å²) < 4.78 is 49.3. The number of rotatable bonds is 5. The van der Waals surface area contributed by atoms with Gasteiger partial charge in [-0.2, -0.15) is 13.2 Å². The highest BCUT2D eigenvalue weighted by molar-refractivity contribution is 5.92. The number of nitrogens with one attached hydrogen (secondary N) is 1. The van der Waals surface area contributed by atoms with E-state index in [1.807, 2.05) is 0 Å². The first kappa shape index (κ1) is 18.4. The minimum absolute atomic E-state index is 0.00890. The molecule has 1 fully saturated rings. The van der Waals surface area contributed by atoms with Crippen molar-refractivity contribution >= 4 is 5.91 Å². The molecule has 6 nitrogen and oxygen atoms in total. The Balaban J connectivity index is 1.59. The lowest BCUT2D eigenvalue weighted by atomic mass is 10.1. The van der Waals surface area contributed by atoms with E-state index in [9.17, 15) is 18.0 Å². The molecule has 140 valence electrons. The number of carbonyl (C=O) groups is 1. The van der Waals surface area contributed by atoms with Gasteiger partial charge >= 0.3 is 6.18 Å². The molecule has 1 aromatic heterocycles. The minimum Gasteiger partial charge on any atom is -0.379 e. The normalized spacial score (nSPS) is 15.8. The van der Waals surface area contributed by atoms with E-state index in [0.29, 0.717) is 25.5 Å². The zero-order chi connectivity index (χ0) is 18.6. The maximum atomic E-state index is 13.0. The van der Waals surface area contributed by atoms with Crippen molar-refractivity contribution < 1.29 is 27.2 Å². The first-order valence-electron chi connectivity index (χ1n) is 8.12. The Hall–Kier alpha value is -2.39. The molecular weight excluding hydrogens is 351 g/mol. The zero-order valence-corrected chi connectivity index (χ0v) is 13.9. The third kappa shape index (κ3) is 4.61. The number of nitrogens with zero attached hydrogens (tertiary/aromatic N) is 2. The van der Waals surface area contributed by atoms with Crippen LogP contribution in [-0.4, -0.2) is 42.3 Å². The molecule has 9 heteroatoms. The molecule has 1 aliphatic rings. The molecule has 26 heavy (non-hydrogen) atoms. The largest absolute Gasteiger partial charge is 0.416 e. The number of morpholine rings is 1. The van der Waals surface area contributed by atoms with Crippen LogP contribution in [0.15, 0.2) is 34.9 Å². The Morgan fingerprint density at radius 3 is 2.69 bits per heavy atom. The lowest BCUT2D eigenvalue weighted by Crippen LogP contribution is -2.35. The summed E-state index contributed by atoms with van der Waals surface area (Å²) in [5.74, 6) is -0.0632. The van der Waals surface area contributed by atoms with Crippen molar-refractivity contribution in [3.63, 3.8) is 0 Å². The summed E-state index contributed by atoms with van der Waals surface area (Å²) in [6.45, 7) is 3.05. The molecule has 1 aromatic carbocycles. The highest BCUT2D eigenvalue weighted by Crippen LogP contribution is 2.31. The Kier molecular flexibility index (Phi) is 5.58. The lowest BCUT2D eigenvalue weighted by Gasteiger charge is -2.25. The van der Waals surface area contributed by atoms with Crippen molar-refractivity contribution in [2.24, 2.45) is 0 Å². The van der Waals surface area contributed by atoms with Crippen molar-refractivity contribution in [3.8, 4) is 0 Å². The van der Waals surface area contributed by atoms with Crippen LogP contribution in [0.25, 0.3) is 0 Å². The van der Waals surface area contributed by atoms with Crippen molar-refractivity contribution in [2.75, 3.05) is 26.3 Å². The molecule has 1 saturated heterocycles. The van der Waals surface area contributed by atoms with Crippen molar-refractivity contribution in [2.45, 2.75) is 19.3 Å². The van der Waals surface area contributed by atoms with Gasteiger partial charge in [-0.25, -0.2) is 0 Å². The van der Waals surface area contributed by atoms with Crippen LogP contribution in [0.4, 0.5) is 13.2 Å². The van der Waals surface area contributed by atoms with E-state index in [2.05, 4.69) is 15.4 Å². The highest BCUT2D eigenvalue weighted by atomic mass is 19.4. The summed E-state index contributed by atoms with van der Waals surface area (Å²) in [4.78, 5) is 14.2. The summed E-state index contributed by atoms with van der Waals surface area (Å²) in [5, 5.41) is 6.15. The van der Waals surface area contributed by atoms with E-state index in [4.69, 9.17) is 9.26 Å². The molecule has 2 aromatic rings. The van der Waals surface area contributed by atoms with E-state index < -0.39 is 17.6 Å². The van der Waals surface area contributed by atoms with Gasteiger partial charge in [-0.05, 0) is 11.6 Å². The standard InChI is InChI=1S/C17H18F3N3O3/c18-17(19,20)14-4-2-1-3-12(14)10-21-16(24)15-9-13(26-22-15)11-23-5-7-25-8-6-23/h1-4,9H,5-8,10-11H2,(H,21,24). The van der Waals surface area contributed by atoms with Gasteiger partial charge in [0.05, 0.1) is 25.3 Å². The topological polar surface area (TPSA) is 67.6 Å². The number of benzene rings is 1. The molecule has 0 saturated carbocycles. The van der Waals surface area contributed by atoms with Crippen LogP contribution in [0, 0.1) is 0 Å². The molecule has 3 rings (SSSR count). The molecule has 1 amide bonds. The number of aromatic nitrogens is 1. The number of carbonyl (C=O) groups excluding carboxylic acids is 1. The third-order valence-electron chi connectivity index (χ3n) is 4.04. The predicted octanol–water partition coefficient (Wildman–Crippen LogP) is 2.46. The summed E-state index contributed by atoms with van der Waals surface area (Å²) in [6.07, 6.45) is -4.47. The van der Waals surface area contributed by atoms with E-state index in [1.54, 1.807) is 0 Å². The quantitative estimate of drug-likeness (QED) is 0.877. The molecule has 1 N–H and O–H groups in total. The Morgan fingerprint density at radius 2 is 1.96 bits per heavy atom. The molecule has 0 unspecified atom stereocenters. The number of alkyl halides is 3. The zero-order valence-electron chi connectivity index (χ0n) is 13.9. The fraction of sp³-hybridized carbons (Fsp3) is 0.412. The predicted molar refractivity (Wildman–Crippen MR) is 85.2 cm³/mol. The van der Waals surface area contributed by atoms with Crippen molar-refractivity contribution in [1.29, 1.82) is 0 Å². The van der Waals surface area contributed by atoms with E-state index >= 15 is 0 Å². The van der Waals surface area contributed by atoms with Crippen LogP contribution in [0.5, 0.6) is 0 Å². The first-order chi connectivity index (χ1) is 12.4. The molecule has 2 heterocycles. The smallest absolute Gasteiger partial charge is 0.379 e. The van der Waals surface area contributed by atoms with Crippen molar-refractivity contribution in [1.82, 2.24) is 15.4 Å². The van der Waals surface area contributed by atoms with Crippen LogP contribution in [0.1, 0.15) is 27.4 Å². The Morgan fingerprint density at radius 1 is 1.23 bits per heavy atom. The fourth-order valence-electron chi connectivity index (χ4n) is 2.69. The SMILES string of the molecule is O=C(NCc1ccccc1C(F)(F)F)c1cc(CN2CCOCC2)on1. The number of halogens is 3. The number of amides is 1. The molecule has 1 aliphatic heterocycles. The molecule has 0 atom stereocenters. The molecule has 0 bridgehead atoms. The molecule has 0 radical (unpaired) electrons. The lowest BCUT2D eigenvalue weighted by molar-refractivity contribution is -0.138. The average Bonchev–Trinajstić information content (AvgIpc) is 3.08. The Labute approximate surface area is 147 Å². The third-order valence-corrected chi connectivity index (χ3v) is 4.04. The first-order valence-corrected chi connectivity index (χ1v) is 8.12. The van der Waals surface area contributed by atoms with Gasteiger partial charge in [0, 0.05) is 25.7 Å². The van der Waals surface area contributed by atoms with E-state index in [0.717, 1.165) is 19.2 Å². The second-order valence-electron chi connectivity index (χ2n) is 5.90. The number of hydrogen-bond donors (Lipinski definition) is 1. The number of hydrogen-bond acceptors (Lipinski definition) is 5. The van der Waals surface area contributed by atoms with Gasteiger partial charge in [0.25, 0.3) is 5.91 Å². The molecule has 0 spiro atoms. The van der Waals surface area contributed by atoms with Gasteiger partial charge in [-0.1, -0.05) is 23.4 Å². The molecular formula is C17H18F3N3O3. The number of ether oxygens (including phenoxy) is 1. The van der Waals surface area contributed by atoms with Gasteiger partial charge in [0.2, 0.25) is 0 Å². The van der Waals surface area contributed by atoms with Gasteiger partial charge in [-0.15, -0.1) is 0 Å². The van der Waals surface area contributed by atoms with Gasteiger partial charge in [-0.3, -0.25) is 9.69 Å². The van der Waals surface area contributed by atoms with Crippen LogP contribution < -0.4 is 5.32 Å². The van der Waals surface area contributed by atoms with Gasteiger partial charge in [0.15, 0.2) is 11.5 Å². The monoisotopic (exact) mass is 369 g/mol. The fourth-order valence-corrected chi connectivity index (χ4v) is 2.69. The van der Waals surface area contributed by atoms with Gasteiger partial charge < -0.3 is 14.6 Å². The second kappa shape index (κ2) is 7.88. The van der Waals surface area contributed by atoms with Crippen LogP contribution in [0.3, 0.4) is 0 Å². The summed E-state index contributed by atoms with van der Waals surface area (Å²) in [7, 11) is 0. The van der Waals surface area contributed by atoms with E-state index in [1.165, 1.54) is 24.3 Å². The highest BCUT2D eigenvalue weighted by Gasteiger charge is 2.32. The second-order valence-corrected chi connectivity index (χ2v) is 5.90. The minimum atomic E-state index is -4.47. The van der Waals surface area contributed by atoms with Crippen LogP contribution in [-0.2, 0) is 24.0 Å². The summed E-state index contributed by atoms with van der Waals surface area (Å²) in [6, 6.07) is 6.62. The van der Waals surface area contributed by atoms with Crippen molar-refractivity contribution in [3.05, 3.63) is 52.9 Å². The van der Waals surface area contributed by atoms with E-state index in [-0.39, 0.29) is 17.8 Å². The maximum absolute atomic E-state index is 13.0. The van der Waals surface area contributed by atoms with Crippen LogP contribution >= 0.6 is 0 Å². The van der Waals surface area contributed by atoms with Gasteiger partial charge in [0.1, 0.15) is 0 Å². The Bertz CT molecular complexity index is 755. The molecule has 0 aliphatic carbocycles. The van der Waals surface area contributed by atoms with Crippen LogP contribution in [0.2, 0.25) is 0 Å². The summed E-state index contributed by atoms with van der Waals surface area (Å²) in [5.41, 5.74) is -0.739.